The van der Waals surface area contributed by atoms with Crippen molar-refractivity contribution in [3.63, 3.8) is 0 Å². The first kappa shape index (κ1) is 19.0. The summed E-state index contributed by atoms with van der Waals surface area (Å²) in [4.78, 5) is 30.6. The van der Waals surface area contributed by atoms with Crippen LogP contribution in [0.3, 0.4) is 0 Å². The number of aromatic nitrogens is 4. The van der Waals surface area contributed by atoms with Crippen LogP contribution in [0.15, 0.2) is 43.0 Å². The van der Waals surface area contributed by atoms with Gasteiger partial charge in [0.15, 0.2) is 0 Å². The van der Waals surface area contributed by atoms with Gasteiger partial charge in [0.05, 0.1) is 11.4 Å². The zero-order chi connectivity index (χ0) is 20.9. The Bertz CT molecular complexity index is 1130. The second-order valence-electron chi connectivity index (χ2n) is 8.46. The summed E-state index contributed by atoms with van der Waals surface area (Å²) in [7, 11) is 0. The minimum atomic E-state index is -0.499. The first-order chi connectivity index (χ1) is 14.5. The van der Waals surface area contributed by atoms with Crippen molar-refractivity contribution in [2.45, 2.75) is 44.9 Å². The topological polar surface area (TPSA) is 68.6 Å². The zero-order valence-electron chi connectivity index (χ0n) is 17.1. The van der Waals surface area contributed by atoms with Gasteiger partial charge in [0.25, 0.3) is 0 Å². The summed E-state index contributed by atoms with van der Waals surface area (Å²) in [5.74, 6) is 0.683. The zero-order valence-corrected chi connectivity index (χ0v) is 17.1. The molecule has 0 radical (unpaired) electrons. The van der Waals surface area contributed by atoms with Crippen LogP contribution in [0.5, 0.6) is 0 Å². The maximum Gasteiger partial charge on any atom is 0.136 e. The van der Waals surface area contributed by atoms with E-state index in [4.69, 9.17) is 9.97 Å². The van der Waals surface area contributed by atoms with Crippen molar-refractivity contribution in [3.8, 4) is 11.3 Å². The second-order valence-corrected chi connectivity index (χ2v) is 8.46. The number of hydrogen-bond acceptors (Lipinski definition) is 5. The van der Waals surface area contributed by atoms with Gasteiger partial charge in [0, 0.05) is 41.3 Å². The van der Waals surface area contributed by atoms with Crippen molar-refractivity contribution >= 4 is 5.78 Å². The van der Waals surface area contributed by atoms with E-state index in [9.17, 15) is 9.18 Å². The lowest BCUT2D eigenvalue weighted by Crippen LogP contribution is -2.50. The molecule has 0 saturated heterocycles. The number of benzene rings is 1. The van der Waals surface area contributed by atoms with Gasteiger partial charge in [0.1, 0.15) is 23.8 Å². The van der Waals surface area contributed by atoms with E-state index in [0.717, 1.165) is 40.9 Å². The van der Waals surface area contributed by atoms with Crippen LogP contribution in [0.2, 0.25) is 0 Å². The molecule has 5 nitrogen and oxygen atoms in total. The Balaban J connectivity index is 1.81. The van der Waals surface area contributed by atoms with Crippen LogP contribution < -0.4 is 0 Å². The molecule has 2 aliphatic carbocycles. The molecule has 0 amide bonds. The molecular formula is C24H23FN4O. The SMILES string of the molecule is Cc1nc(-c2cncnc2)c2c(n1)[C@@]1(c3cccc(F)c3)CCC(=O)[C@@H](C)[C@@H]1CC2. The summed E-state index contributed by atoms with van der Waals surface area (Å²) in [6.45, 7) is 3.90. The number of rotatable bonds is 2. The largest absolute Gasteiger partial charge is 0.299 e. The Morgan fingerprint density at radius 1 is 1.13 bits per heavy atom. The predicted octanol–water partition coefficient (Wildman–Crippen LogP) is 4.23. The summed E-state index contributed by atoms with van der Waals surface area (Å²) < 4.78 is 14.3. The Hall–Kier alpha value is -3.02. The van der Waals surface area contributed by atoms with Crippen LogP contribution in [-0.4, -0.2) is 25.7 Å². The van der Waals surface area contributed by atoms with Crippen molar-refractivity contribution in [3.05, 3.63) is 71.4 Å². The van der Waals surface area contributed by atoms with E-state index in [-0.39, 0.29) is 23.4 Å². The number of nitrogens with zero attached hydrogens (tertiary/aromatic N) is 4. The lowest BCUT2D eigenvalue weighted by atomic mass is 9.52. The third kappa shape index (κ3) is 2.77. The average molecular weight is 402 g/mol. The normalized spacial score (nSPS) is 25.5. The third-order valence-electron chi connectivity index (χ3n) is 6.93. The molecule has 3 atom stereocenters. The first-order valence-corrected chi connectivity index (χ1v) is 10.4. The molecule has 1 saturated carbocycles. The summed E-state index contributed by atoms with van der Waals surface area (Å²) in [5, 5.41) is 0. The Morgan fingerprint density at radius 3 is 2.70 bits per heavy atom. The number of aryl methyl sites for hydroxylation is 1. The van der Waals surface area contributed by atoms with Gasteiger partial charge in [-0.2, -0.15) is 0 Å². The van der Waals surface area contributed by atoms with E-state index < -0.39 is 5.41 Å². The maximum atomic E-state index is 14.3. The molecular weight excluding hydrogens is 379 g/mol. The molecule has 1 fully saturated rings. The van der Waals surface area contributed by atoms with Crippen molar-refractivity contribution in [1.82, 2.24) is 19.9 Å². The van der Waals surface area contributed by atoms with Crippen LogP contribution in [0.1, 0.15) is 48.8 Å². The van der Waals surface area contributed by atoms with Crippen LogP contribution in [-0.2, 0) is 16.6 Å². The number of hydrogen-bond donors (Lipinski definition) is 0. The van der Waals surface area contributed by atoms with E-state index in [1.807, 2.05) is 19.9 Å². The van der Waals surface area contributed by atoms with Gasteiger partial charge in [-0.05, 0) is 49.8 Å². The molecule has 0 aliphatic heterocycles. The highest BCUT2D eigenvalue weighted by Gasteiger charge is 2.53. The van der Waals surface area contributed by atoms with Gasteiger partial charge in [0.2, 0.25) is 0 Å². The van der Waals surface area contributed by atoms with E-state index >= 15 is 0 Å². The molecule has 0 N–H and O–H groups in total. The van der Waals surface area contributed by atoms with Crippen LogP contribution >= 0.6 is 0 Å². The molecule has 0 spiro atoms. The fourth-order valence-corrected chi connectivity index (χ4v) is 5.60. The molecule has 0 unspecified atom stereocenters. The summed E-state index contributed by atoms with van der Waals surface area (Å²) in [6.07, 6.45) is 7.76. The number of halogens is 1. The molecule has 1 aromatic carbocycles. The minimum absolute atomic E-state index is 0.0854. The molecule has 30 heavy (non-hydrogen) atoms. The minimum Gasteiger partial charge on any atom is -0.299 e. The molecule has 5 rings (SSSR count). The summed E-state index contributed by atoms with van der Waals surface area (Å²) >= 11 is 0. The van der Waals surface area contributed by atoms with Crippen LogP contribution in [0, 0.1) is 24.6 Å². The van der Waals surface area contributed by atoms with E-state index in [1.54, 1.807) is 24.5 Å². The van der Waals surface area contributed by atoms with Gasteiger partial charge in [-0.25, -0.2) is 24.3 Å². The highest BCUT2D eigenvalue weighted by Crippen LogP contribution is 2.55. The molecule has 3 aromatic rings. The van der Waals surface area contributed by atoms with Crippen molar-refractivity contribution < 1.29 is 9.18 Å². The Kier molecular flexibility index (Phi) is 4.45. The molecule has 2 heterocycles. The summed E-state index contributed by atoms with van der Waals surface area (Å²) in [5.41, 5.74) is 4.11. The van der Waals surface area contributed by atoms with Gasteiger partial charge in [-0.1, -0.05) is 19.1 Å². The Labute approximate surface area is 174 Å². The molecule has 2 aliphatic rings. The lowest BCUT2D eigenvalue weighted by molar-refractivity contribution is -0.128. The van der Waals surface area contributed by atoms with Crippen molar-refractivity contribution in [2.75, 3.05) is 0 Å². The lowest BCUT2D eigenvalue weighted by Gasteiger charge is -2.50. The van der Waals surface area contributed by atoms with Gasteiger partial charge in [-0.15, -0.1) is 0 Å². The van der Waals surface area contributed by atoms with Gasteiger partial charge >= 0.3 is 0 Å². The number of carbonyl (C=O) groups excluding carboxylic acids is 1. The number of ketones is 1. The Morgan fingerprint density at radius 2 is 1.93 bits per heavy atom. The number of fused-ring (bicyclic) bond motifs is 3. The first-order valence-electron chi connectivity index (χ1n) is 10.4. The van der Waals surface area contributed by atoms with E-state index in [1.165, 1.54) is 12.4 Å². The van der Waals surface area contributed by atoms with E-state index in [0.29, 0.717) is 18.7 Å². The van der Waals surface area contributed by atoms with E-state index in [2.05, 4.69) is 9.97 Å². The van der Waals surface area contributed by atoms with Gasteiger partial charge < -0.3 is 0 Å². The number of Topliss-reactive ketones (excluding diaryl/α,β-unsaturated/α-hetero) is 1. The van der Waals surface area contributed by atoms with Gasteiger partial charge in [-0.3, -0.25) is 4.79 Å². The standard InChI is InChI=1S/C24H23FN4O/c1-14-20-7-6-19-22(16-11-26-13-27-12-16)28-15(2)29-23(19)24(20,9-8-21(14)30)17-4-3-5-18(25)10-17/h3-5,10-14,20H,6-9H2,1-2H3/t14-,20-,24+/m0/s1. The molecule has 152 valence electrons. The monoisotopic (exact) mass is 402 g/mol. The third-order valence-corrected chi connectivity index (χ3v) is 6.93. The summed E-state index contributed by atoms with van der Waals surface area (Å²) in [6, 6.07) is 6.82. The number of carbonyl (C=O) groups is 1. The maximum absolute atomic E-state index is 14.3. The highest BCUT2D eigenvalue weighted by atomic mass is 19.1. The highest BCUT2D eigenvalue weighted by molar-refractivity contribution is 5.83. The molecule has 2 aromatic heterocycles. The quantitative estimate of drug-likeness (QED) is 0.642. The van der Waals surface area contributed by atoms with Crippen LogP contribution in [0.25, 0.3) is 11.3 Å². The average Bonchev–Trinajstić information content (AvgIpc) is 2.76. The fourth-order valence-electron chi connectivity index (χ4n) is 5.60. The van der Waals surface area contributed by atoms with Crippen molar-refractivity contribution in [1.29, 1.82) is 0 Å². The fraction of sp³-hybridized carbons (Fsp3) is 0.375. The smallest absolute Gasteiger partial charge is 0.136 e. The molecule has 0 bridgehead atoms. The van der Waals surface area contributed by atoms with Crippen molar-refractivity contribution in [2.24, 2.45) is 11.8 Å². The van der Waals surface area contributed by atoms with Crippen LogP contribution in [0.4, 0.5) is 4.39 Å². The molecule has 6 heteroatoms. The second kappa shape index (κ2) is 7.04. The predicted molar refractivity (Wildman–Crippen MR) is 110 cm³/mol.